The molecular weight excluding hydrogens is 340 g/mol. The minimum atomic E-state index is -4.09. The van der Waals surface area contributed by atoms with E-state index in [4.69, 9.17) is 11.6 Å². The number of hydrogen-bond donors (Lipinski definition) is 0. The molecule has 0 aliphatic heterocycles. The first-order chi connectivity index (χ1) is 10.8. The summed E-state index contributed by atoms with van der Waals surface area (Å²) in [5.41, 5.74) is 0.543. The maximum absolute atomic E-state index is 12.9. The van der Waals surface area contributed by atoms with Crippen LogP contribution >= 0.6 is 11.6 Å². The number of halogens is 1. The maximum Gasteiger partial charge on any atom is 0.289 e. The van der Waals surface area contributed by atoms with Crippen LogP contribution in [0.5, 0.6) is 0 Å². The molecule has 0 radical (unpaired) electrons. The zero-order chi connectivity index (χ0) is 17.2. The van der Waals surface area contributed by atoms with Crippen LogP contribution in [0.4, 0.5) is 11.4 Å². The lowest BCUT2D eigenvalue weighted by Gasteiger charge is -2.24. The first-order valence-electron chi connectivity index (χ1n) is 6.82. The minimum absolute atomic E-state index is 0.121. The van der Waals surface area contributed by atoms with Crippen molar-refractivity contribution < 1.29 is 13.3 Å². The quantitative estimate of drug-likeness (QED) is 0.604. The molecule has 2 aromatic carbocycles. The predicted molar refractivity (Wildman–Crippen MR) is 89.5 cm³/mol. The number of sulfonamides is 1. The van der Waals surface area contributed by atoms with Gasteiger partial charge in [-0.15, -0.1) is 0 Å². The average molecular weight is 355 g/mol. The lowest BCUT2D eigenvalue weighted by Crippen LogP contribution is -2.31. The Morgan fingerprint density at radius 1 is 1.17 bits per heavy atom. The van der Waals surface area contributed by atoms with Gasteiger partial charge >= 0.3 is 0 Å². The Morgan fingerprint density at radius 3 is 2.43 bits per heavy atom. The van der Waals surface area contributed by atoms with Crippen LogP contribution in [0.25, 0.3) is 0 Å². The van der Waals surface area contributed by atoms with E-state index in [2.05, 4.69) is 0 Å². The topological polar surface area (TPSA) is 80.5 Å². The van der Waals surface area contributed by atoms with Crippen LogP contribution in [0.15, 0.2) is 47.4 Å². The molecule has 2 aromatic rings. The van der Waals surface area contributed by atoms with Crippen LogP contribution in [-0.2, 0) is 10.0 Å². The molecule has 0 amide bonds. The summed E-state index contributed by atoms with van der Waals surface area (Å²) >= 11 is 6.06. The zero-order valence-corrected chi connectivity index (χ0v) is 14.1. The van der Waals surface area contributed by atoms with Crippen molar-refractivity contribution in [3.63, 3.8) is 0 Å². The number of para-hydroxylation sites is 1. The number of anilines is 1. The van der Waals surface area contributed by atoms with E-state index in [0.717, 1.165) is 4.31 Å². The molecule has 0 aliphatic carbocycles. The van der Waals surface area contributed by atoms with E-state index in [1.807, 2.05) is 0 Å². The zero-order valence-electron chi connectivity index (χ0n) is 12.6. The first kappa shape index (κ1) is 17.2. The fraction of sp³-hybridized carbons (Fsp3) is 0.200. The van der Waals surface area contributed by atoms with E-state index >= 15 is 0 Å². The third-order valence-corrected chi connectivity index (χ3v) is 5.77. The van der Waals surface area contributed by atoms with Gasteiger partial charge in [0.2, 0.25) is 0 Å². The molecule has 122 valence electrons. The third-order valence-electron chi connectivity index (χ3n) is 3.43. The number of rotatable bonds is 5. The highest BCUT2D eigenvalue weighted by atomic mass is 35.5. The number of benzene rings is 2. The van der Waals surface area contributed by atoms with Crippen LogP contribution in [0.3, 0.4) is 0 Å². The van der Waals surface area contributed by atoms with Crippen LogP contribution in [0.2, 0.25) is 5.02 Å². The number of hydrogen-bond acceptors (Lipinski definition) is 4. The van der Waals surface area contributed by atoms with Gasteiger partial charge in [0.1, 0.15) is 0 Å². The molecule has 0 aromatic heterocycles. The summed E-state index contributed by atoms with van der Waals surface area (Å²) in [4.78, 5) is 10.1. The molecule has 8 heteroatoms. The molecule has 6 nitrogen and oxygen atoms in total. The Morgan fingerprint density at radius 2 is 1.83 bits per heavy atom. The fourth-order valence-electron chi connectivity index (χ4n) is 2.28. The van der Waals surface area contributed by atoms with Crippen LogP contribution in [0, 0.1) is 17.0 Å². The van der Waals surface area contributed by atoms with Crippen LogP contribution < -0.4 is 4.31 Å². The number of nitrogens with zero attached hydrogens (tertiary/aromatic N) is 2. The Bertz CT molecular complexity index is 852. The van der Waals surface area contributed by atoms with Crippen LogP contribution in [0.1, 0.15) is 12.5 Å². The Kier molecular flexibility index (Phi) is 4.91. The highest BCUT2D eigenvalue weighted by Gasteiger charge is 2.31. The van der Waals surface area contributed by atoms with Gasteiger partial charge in [-0.2, -0.15) is 0 Å². The summed E-state index contributed by atoms with van der Waals surface area (Å²) in [6.07, 6.45) is 0. The Labute approximate surface area is 139 Å². The van der Waals surface area contributed by atoms with Gasteiger partial charge in [-0.05, 0) is 37.6 Å². The Hall–Kier alpha value is -2.12. The Balaban J connectivity index is 2.66. The standard InChI is InChI=1S/C15H15ClN2O4S/c1-3-17(13-9-6-7-12(16)11(13)2)23(21,22)15-10-5-4-8-14(15)18(19)20/h4-10H,3H2,1-2H3. The fourth-order valence-corrected chi connectivity index (χ4v) is 4.14. The molecule has 0 N–H and O–H groups in total. The summed E-state index contributed by atoms with van der Waals surface area (Å²) in [7, 11) is -4.09. The van der Waals surface area contributed by atoms with Crippen molar-refractivity contribution in [2.45, 2.75) is 18.7 Å². The van der Waals surface area contributed by atoms with Gasteiger partial charge in [0.15, 0.2) is 4.90 Å². The van der Waals surface area contributed by atoms with Crippen molar-refractivity contribution in [2.75, 3.05) is 10.8 Å². The molecule has 0 heterocycles. The monoisotopic (exact) mass is 354 g/mol. The second-order valence-electron chi connectivity index (χ2n) is 4.78. The summed E-state index contributed by atoms with van der Waals surface area (Å²) in [6.45, 7) is 3.48. The van der Waals surface area contributed by atoms with Crippen molar-refractivity contribution in [1.29, 1.82) is 0 Å². The SMILES string of the molecule is CCN(c1cccc(Cl)c1C)S(=O)(=O)c1ccccc1[N+](=O)[O-]. The molecule has 0 fully saturated rings. The molecular formula is C15H15ClN2O4S. The van der Waals surface area contributed by atoms with E-state index in [1.54, 1.807) is 32.0 Å². The molecule has 0 spiro atoms. The predicted octanol–water partition coefficient (Wildman–Crippen LogP) is 3.77. The number of nitro groups is 1. The summed E-state index contributed by atoms with van der Waals surface area (Å²) in [5, 5.41) is 11.6. The highest BCUT2D eigenvalue weighted by molar-refractivity contribution is 7.93. The van der Waals surface area contributed by atoms with Gasteiger partial charge in [0.25, 0.3) is 15.7 Å². The van der Waals surface area contributed by atoms with E-state index in [1.165, 1.54) is 24.3 Å². The molecule has 0 aliphatic rings. The van der Waals surface area contributed by atoms with E-state index in [-0.39, 0.29) is 11.4 Å². The minimum Gasteiger partial charge on any atom is -0.266 e. The summed E-state index contributed by atoms with van der Waals surface area (Å²) in [6, 6.07) is 10.2. The van der Waals surface area contributed by atoms with Gasteiger partial charge in [0.05, 0.1) is 10.6 Å². The van der Waals surface area contributed by atoms with Gasteiger partial charge in [-0.3, -0.25) is 14.4 Å². The van der Waals surface area contributed by atoms with Gasteiger partial charge in [0, 0.05) is 17.6 Å². The first-order valence-corrected chi connectivity index (χ1v) is 8.63. The van der Waals surface area contributed by atoms with E-state index < -0.39 is 20.6 Å². The summed E-state index contributed by atoms with van der Waals surface area (Å²) < 4.78 is 27.0. The van der Waals surface area contributed by atoms with Crippen molar-refractivity contribution in [3.05, 3.63) is 63.2 Å². The van der Waals surface area contributed by atoms with Gasteiger partial charge in [-0.1, -0.05) is 29.8 Å². The lowest BCUT2D eigenvalue weighted by atomic mass is 10.2. The van der Waals surface area contributed by atoms with Crippen molar-refractivity contribution in [2.24, 2.45) is 0 Å². The molecule has 23 heavy (non-hydrogen) atoms. The van der Waals surface area contributed by atoms with Crippen molar-refractivity contribution in [3.8, 4) is 0 Å². The molecule has 0 saturated carbocycles. The smallest absolute Gasteiger partial charge is 0.266 e. The van der Waals surface area contributed by atoms with Crippen LogP contribution in [-0.4, -0.2) is 19.9 Å². The second-order valence-corrected chi connectivity index (χ2v) is 7.02. The second kappa shape index (κ2) is 6.55. The molecule has 0 atom stereocenters. The van der Waals surface area contributed by atoms with Crippen molar-refractivity contribution in [1.82, 2.24) is 0 Å². The molecule has 2 rings (SSSR count). The van der Waals surface area contributed by atoms with Gasteiger partial charge in [-0.25, -0.2) is 8.42 Å². The lowest BCUT2D eigenvalue weighted by molar-refractivity contribution is -0.387. The normalized spacial score (nSPS) is 11.3. The molecule has 0 bridgehead atoms. The molecule has 0 unspecified atom stereocenters. The highest BCUT2D eigenvalue weighted by Crippen LogP contribution is 2.33. The third kappa shape index (κ3) is 3.16. The maximum atomic E-state index is 12.9. The van der Waals surface area contributed by atoms with Crippen molar-refractivity contribution >= 4 is 33.0 Å². The molecule has 0 saturated heterocycles. The average Bonchev–Trinajstić information content (AvgIpc) is 2.52. The van der Waals surface area contributed by atoms with Gasteiger partial charge < -0.3 is 0 Å². The van der Waals surface area contributed by atoms with E-state index in [9.17, 15) is 18.5 Å². The number of nitro benzene ring substituents is 1. The summed E-state index contributed by atoms with van der Waals surface area (Å²) in [5.74, 6) is 0. The van der Waals surface area contributed by atoms with E-state index in [0.29, 0.717) is 16.3 Å². The largest absolute Gasteiger partial charge is 0.289 e.